The summed E-state index contributed by atoms with van der Waals surface area (Å²) in [6.07, 6.45) is 2.59. The molecule has 1 amide bonds. The summed E-state index contributed by atoms with van der Waals surface area (Å²) in [5, 5.41) is 0. The Balaban J connectivity index is 1.33. The highest BCUT2D eigenvalue weighted by Gasteiger charge is 2.23. The summed E-state index contributed by atoms with van der Waals surface area (Å²) in [6, 6.07) is 8.12. The maximum atomic E-state index is 12.4. The molecule has 8 nitrogen and oxygen atoms in total. The van der Waals surface area contributed by atoms with E-state index in [0.717, 1.165) is 44.7 Å². The Morgan fingerprint density at radius 1 is 1.00 bits per heavy atom. The van der Waals surface area contributed by atoms with Crippen LogP contribution < -0.4 is 15.4 Å². The summed E-state index contributed by atoms with van der Waals surface area (Å²) >= 11 is 0. The van der Waals surface area contributed by atoms with E-state index in [1.54, 1.807) is 6.07 Å². The first-order valence-electron chi connectivity index (χ1n) is 12.6. The molecule has 0 unspecified atom stereocenters. The molecule has 2 aliphatic rings. The van der Waals surface area contributed by atoms with Crippen molar-refractivity contribution in [3.05, 3.63) is 51.4 Å². The minimum absolute atomic E-state index is 0.115. The SMILES string of the molecule is CCCCC(=O)N1CCN(c2nc(CN3CCN(c4cccc(C)c4C)CC3)cc(=O)[nH]2)CC1. The maximum Gasteiger partial charge on any atom is 0.252 e. The summed E-state index contributed by atoms with van der Waals surface area (Å²) in [5.74, 6) is 0.855. The van der Waals surface area contributed by atoms with Gasteiger partial charge >= 0.3 is 0 Å². The van der Waals surface area contributed by atoms with Gasteiger partial charge in [-0.2, -0.15) is 0 Å². The van der Waals surface area contributed by atoms with Gasteiger partial charge in [-0.3, -0.25) is 19.5 Å². The molecule has 0 saturated carbocycles. The van der Waals surface area contributed by atoms with Crippen LogP contribution in [0, 0.1) is 13.8 Å². The number of H-pyrrole nitrogens is 1. The Bertz CT molecular complexity index is 1040. The van der Waals surface area contributed by atoms with Crippen molar-refractivity contribution in [1.82, 2.24) is 19.8 Å². The second kappa shape index (κ2) is 11.0. The Morgan fingerprint density at radius 2 is 1.71 bits per heavy atom. The number of carbonyl (C=O) groups is 1. The number of nitrogens with zero attached hydrogens (tertiary/aromatic N) is 5. The summed E-state index contributed by atoms with van der Waals surface area (Å²) in [7, 11) is 0. The first-order valence-corrected chi connectivity index (χ1v) is 12.6. The minimum atomic E-state index is -0.115. The van der Waals surface area contributed by atoms with E-state index in [1.807, 2.05) is 4.90 Å². The lowest BCUT2D eigenvalue weighted by Gasteiger charge is -2.37. The van der Waals surface area contributed by atoms with Crippen LogP contribution in [0.1, 0.15) is 43.0 Å². The number of piperazine rings is 2. The predicted octanol–water partition coefficient (Wildman–Crippen LogP) is 2.55. The molecule has 2 aromatic rings. The van der Waals surface area contributed by atoms with Crippen LogP contribution >= 0.6 is 0 Å². The van der Waals surface area contributed by atoms with Crippen molar-refractivity contribution < 1.29 is 4.79 Å². The van der Waals surface area contributed by atoms with Crippen LogP contribution in [0.3, 0.4) is 0 Å². The Kier molecular flexibility index (Phi) is 7.88. The average Bonchev–Trinajstić information content (AvgIpc) is 2.84. The predicted molar refractivity (Wildman–Crippen MR) is 137 cm³/mol. The summed E-state index contributed by atoms with van der Waals surface area (Å²) in [6.45, 7) is 13.7. The fraction of sp³-hybridized carbons (Fsp3) is 0.577. The number of amides is 1. The van der Waals surface area contributed by atoms with Crippen molar-refractivity contribution in [1.29, 1.82) is 0 Å². The molecule has 1 aromatic carbocycles. The van der Waals surface area contributed by atoms with Crippen LogP contribution in [0.25, 0.3) is 0 Å². The van der Waals surface area contributed by atoms with Gasteiger partial charge in [0.15, 0.2) is 0 Å². The van der Waals surface area contributed by atoms with Gasteiger partial charge < -0.3 is 14.7 Å². The third-order valence-electron chi connectivity index (χ3n) is 7.13. The van der Waals surface area contributed by atoms with Gasteiger partial charge in [0.25, 0.3) is 5.56 Å². The van der Waals surface area contributed by atoms with Crippen LogP contribution in [0.4, 0.5) is 11.6 Å². The molecule has 2 fully saturated rings. The quantitative estimate of drug-likeness (QED) is 0.676. The van der Waals surface area contributed by atoms with Crippen molar-refractivity contribution in [3.8, 4) is 0 Å². The number of hydrogen-bond donors (Lipinski definition) is 1. The van der Waals surface area contributed by atoms with Gasteiger partial charge in [-0.05, 0) is 37.5 Å². The molecule has 3 heterocycles. The summed E-state index contributed by atoms with van der Waals surface area (Å²) < 4.78 is 0. The summed E-state index contributed by atoms with van der Waals surface area (Å²) in [5.41, 5.74) is 4.69. The highest BCUT2D eigenvalue weighted by molar-refractivity contribution is 5.76. The van der Waals surface area contributed by atoms with Crippen LogP contribution in [0.5, 0.6) is 0 Å². The minimum Gasteiger partial charge on any atom is -0.369 e. The number of aromatic amines is 1. The standard InChI is InChI=1S/C26H38N6O2/c1-4-5-9-25(34)31-14-16-32(17-15-31)26-27-22(18-24(33)28-26)19-29-10-12-30(13-11-29)23-8-6-7-20(2)21(23)3/h6-8,18H,4-5,9-17,19H2,1-3H3,(H,27,28,33). The van der Waals surface area contributed by atoms with E-state index in [9.17, 15) is 9.59 Å². The van der Waals surface area contributed by atoms with E-state index in [1.165, 1.54) is 16.8 Å². The molecule has 2 aliphatic heterocycles. The Labute approximate surface area is 202 Å². The zero-order valence-corrected chi connectivity index (χ0v) is 20.8. The average molecular weight is 467 g/mol. The molecular weight excluding hydrogens is 428 g/mol. The van der Waals surface area contributed by atoms with Crippen LogP contribution in [-0.4, -0.2) is 78.0 Å². The number of hydrogen-bond acceptors (Lipinski definition) is 6. The highest BCUT2D eigenvalue weighted by atomic mass is 16.2. The zero-order chi connectivity index (χ0) is 24.1. The lowest BCUT2D eigenvalue weighted by Crippen LogP contribution is -2.49. The second-order valence-corrected chi connectivity index (χ2v) is 9.51. The molecule has 2 saturated heterocycles. The molecule has 34 heavy (non-hydrogen) atoms. The van der Waals surface area contributed by atoms with Gasteiger partial charge in [0.1, 0.15) is 0 Å². The topological polar surface area (TPSA) is 75.8 Å². The van der Waals surface area contributed by atoms with Crippen molar-refractivity contribution in [2.75, 3.05) is 62.2 Å². The van der Waals surface area contributed by atoms with Crippen LogP contribution in [0.2, 0.25) is 0 Å². The summed E-state index contributed by atoms with van der Waals surface area (Å²) in [4.78, 5) is 41.2. The van der Waals surface area contributed by atoms with Crippen molar-refractivity contribution in [2.24, 2.45) is 0 Å². The monoisotopic (exact) mass is 466 g/mol. The van der Waals surface area contributed by atoms with Crippen molar-refractivity contribution >= 4 is 17.5 Å². The number of aryl methyl sites for hydroxylation is 1. The fourth-order valence-corrected chi connectivity index (χ4v) is 4.83. The Hall–Kier alpha value is -2.87. The fourth-order valence-electron chi connectivity index (χ4n) is 4.83. The number of benzene rings is 1. The lowest BCUT2D eigenvalue weighted by molar-refractivity contribution is -0.131. The number of rotatable bonds is 7. The molecule has 4 rings (SSSR count). The largest absolute Gasteiger partial charge is 0.369 e. The van der Waals surface area contributed by atoms with Gasteiger partial charge in [0.05, 0.1) is 5.69 Å². The van der Waals surface area contributed by atoms with Gasteiger partial charge in [0.2, 0.25) is 11.9 Å². The van der Waals surface area contributed by atoms with Crippen molar-refractivity contribution in [2.45, 2.75) is 46.6 Å². The van der Waals surface area contributed by atoms with E-state index < -0.39 is 0 Å². The van der Waals surface area contributed by atoms with Gasteiger partial charge in [-0.15, -0.1) is 0 Å². The zero-order valence-electron chi connectivity index (χ0n) is 20.8. The second-order valence-electron chi connectivity index (χ2n) is 9.51. The molecule has 1 aromatic heterocycles. The van der Waals surface area contributed by atoms with Gasteiger partial charge in [-0.25, -0.2) is 4.98 Å². The first kappa shape index (κ1) is 24.3. The highest BCUT2D eigenvalue weighted by Crippen LogP contribution is 2.24. The number of carbonyl (C=O) groups excluding carboxylic acids is 1. The molecule has 184 valence electrons. The molecule has 0 aliphatic carbocycles. The van der Waals surface area contributed by atoms with E-state index >= 15 is 0 Å². The molecule has 0 radical (unpaired) electrons. The number of aromatic nitrogens is 2. The third-order valence-corrected chi connectivity index (χ3v) is 7.13. The molecular formula is C26H38N6O2. The van der Waals surface area contributed by atoms with Crippen molar-refractivity contribution in [3.63, 3.8) is 0 Å². The Morgan fingerprint density at radius 3 is 2.41 bits per heavy atom. The molecule has 0 spiro atoms. The normalized spacial score (nSPS) is 17.3. The van der Waals surface area contributed by atoms with Crippen LogP contribution in [0.15, 0.2) is 29.1 Å². The van der Waals surface area contributed by atoms with E-state index in [4.69, 9.17) is 4.98 Å². The molecule has 0 atom stereocenters. The molecule has 1 N–H and O–H groups in total. The molecule has 0 bridgehead atoms. The smallest absolute Gasteiger partial charge is 0.252 e. The van der Waals surface area contributed by atoms with E-state index in [0.29, 0.717) is 45.1 Å². The van der Waals surface area contributed by atoms with Gasteiger partial charge in [-0.1, -0.05) is 25.5 Å². The first-order chi connectivity index (χ1) is 16.4. The van der Waals surface area contributed by atoms with Crippen LogP contribution in [-0.2, 0) is 11.3 Å². The number of unbranched alkanes of at least 4 members (excludes halogenated alkanes) is 1. The number of nitrogens with one attached hydrogen (secondary N) is 1. The van der Waals surface area contributed by atoms with E-state index in [2.05, 4.69) is 58.7 Å². The third kappa shape index (κ3) is 5.78. The number of anilines is 2. The maximum absolute atomic E-state index is 12.4. The van der Waals surface area contributed by atoms with E-state index in [-0.39, 0.29) is 11.5 Å². The molecule has 8 heteroatoms. The lowest BCUT2D eigenvalue weighted by atomic mass is 10.1. The van der Waals surface area contributed by atoms with Gasteiger partial charge in [0, 0.05) is 77.1 Å².